The number of hydrogen-bond donors (Lipinski definition) is 2. The van der Waals surface area contributed by atoms with Crippen LogP contribution in [0.3, 0.4) is 0 Å². The molecule has 14 heteroatoms. The zero-order valence-corrected chi connectivity index (χ0v) is 21.3. The minimum Gasteiger partial charge on any atom is -0.475 e. The van der Waals surface area contributed by atoms with E-state index in [2.05, 4.69) is 16.0 Å². The van der Waals surface area contributed by atoms with E-state index in [0.29, 0.717) is 12.5 Å². The van der Waals surface area contributed by atoms with Crippen molar-refractivity contribution in [3.63, 3.8) is 0 Å². The number of aromatic nitrogens is 1. The van der Waals surface area contributed by atoms with Crippen LogP contribution in [0.4, 0.5) is 26.3 Å². The number of rotatable bonds is 6. The average Bonchev–Trinajstić information content (AvgIpc) is 3.54. The van der Waals surface area contributed by atoms with Gasteiger partial charge in [0.25, 0.3) is 0 Å². The molecular formula is C25H34F6N2O6. The molecule has 1 aromatic heterocycles. The van der Waals surface area contributed by atoms with Crippen molar-refractivity contribution in [2.45, 2.75) is 82.0 Å². The van der Waals surface area contributed by atoms with Gasteiger partial charge < -0.3 is 24.6 Å². The van der Waals surface area contributed by atoms with Gasteiger partial charge in [-0.2, -0.15) is 26.3 Å². The number of aliphatic carboxylic acids is 2. The molecule has 1 spiro atoms. The number of piperidine rings is 1. The molecule has 2 saturated heterocycles. The topological polar surface area (TPSA) is 109 Å². The van der Waals surface area contributed by atoms with Crippen LogP contribution < -0.4 is 0 Å². The Labute approximate surface area is 222 Å². The predicted molar refractivity (Wildman–Crippen MR) is 126 cm³/mol. The summed E-state index contributed by atoms with van der Waals surface area (Å²) in [4.78, 5) is 24.7. The fourth-order valence-corrected chi connectivity index (χ4v) is 5.18. The van der Waals surface area contributed by atoms with E-state index in [-0.39, 0.29) is 5.60 Å². The van der Waals surface area contributed by atoms with Crippen molar-refractivity contribution >= 4 is 11.9 Å². The summed E-state index contributed by atoms with van der Waals surface area (Å²) >= 11 is 0. The Morgan fingerprint density at radius 3 is 2.08 bits per heavy atom. The van der Waals surface area contributed by atoms with E-state index in [1.807, 2.05) is 12.3 Å². The summed E-state index contributed by atoms with van der Waals surface area (Å²) in [7, 11) is 0. The first-order valence-electron chi connectivity index (χ1n) is 12.7. The quantitative estimate of drug-likeness (QED) is 0.360. The zero-order chi connectivity index (χ0) is 29.1. The number of carbonyl (C=O) groups is 2. The van der Waals surface area contributed by atoms with Gasteiger partial charge in [-0.1, -0.05) is 18.9 Å². The van der Waals surface area contributed by atoms with Crippen molar-refractivity contribution in [2.24, 2.45) is 5.92 Å². The molecule has 0 radical (unpaired) electrons. The van der Waals surface area contributed by atoms with E-state index in [0.717, 1.165) is 31.2 Å². The highest BCUT2D eigenvalue weighted by Gasteiger charge is 2.46. The van der Waals surface area contributed by atoms with Gasteiger partial charge in [0.05, 0.1) is 12.2 Å². The summed E-state index contributed by atoms with van der Waals surface area (Å²) in [5.41, 5.74) is 1.30. The van der Waals surface area contributed by atoms with E-state index in [9.17, 15) is 26.3 Å². The van der Waals surface area contributed by atoms with Crippen LogP contribution in [0, 0.1) is 5.92 Å². The van der Waals surface area contributed by atoms with Crippen molar-refractivity contribution in [3.8, 4) is 0 Å². The third-order valence-electron chi connectivity index (χ3n) is 7.17. The summed E-state index contributed by atoms with van der Waals surface area (Å²) in [5, 5.41) is 14.2. The Bertz CT molecular complexity index is 861. The van der Waals surface area contributed by atoms with Crippen LogP contribution in [0.5, 0.6) is 0 Å². The Morgan fingerprint density at radius 1 is 1.03 bits per heavy atom. The smallest absolute Gasteiger partial charge is 0.475 e. The maximum Gasteiger partial charge on any atom is 0.490 e. The van der Waals surface area contributed by atoms with E-state index < -0.39 is 24.3 Å². The molecule has 3 aliphatic rings. The molecule has 222 valence electrons. The summed E-state index contributed by atoms with van der Waals surface area (Å²) in [6.07, 6.45) is 4.00. The highest BCUT2D eigenvalue weighted by atomic mass is 19.4. The normalized spacial score (nSPS) is 21.5. The third-order valence-corrected chi connectivity index (χ3v) is 7.17. The first-order valence-corrected chi connectivity index (χ1v) is 12.7. The molecule has 0 bridgehead atoms. The van der Waals surface area contributed by atoms with E-state index in [1.165, 1.54) is 58.0 Å². The molecule has 0 amide bonds. The van der Waals surface area contributed by atoms with Gasteiger partial charge in [-0.3, -0.25) is 4.98 Å². The minimum atomic E-state index is -5.08. The lowest BCUT2D eigenvalue weighted by Crippen LogP contribution is -2.50. The number of pyridine rings is 1. The summed E-state index contributed by atoms with van der Waals surface area (Å²) in [5.74, 6) is -4.84. The zero-order valence-electron chi connectivity index (χ0n) is 21.3. The fraction of sp³-hybridized carbons (Fsp3) is 0.720. The number of alkyl halides is 6. The summed E-state index contributed by atoms with van der Waals surface area (Å²) in [6.45, 7) is 4.91. The largest absolute Gasteiger partial charge is 0.490 e. The second-order valence-electron chi connectivity index (χ2n) is 9.68. The molecule has 3 heterocycles. The summed E-state index contributed by atoms with van der Waals surface area (Å²) in [6, 6.07) is 4.91. The number of nitrogens with zero attached hydrogens (tertiary/aromatic N) is 2. The second-order valence-corrected chi connectivity index (χ2v) is 9.68. The Kier molecular flexibility index (Phi) is 12.4. The van der Waals surface area contributed by atoms with Crippen molar-refractivity contribution in [1.29, 1.82) is 0 Å². The highest BCUT2D eigenvalue weighted by molar-refractivity contribution is 5.73. The van der Waals surface area contributed by atoms with Gasteiger partial charge in [-0.15, -0.1) is 0 Å². The lowest BCUT2D eigenvalue weighted by Gasteiger charge is -2.44. The van der Waals surface area contributed by atoms with Crippen LogP contribution in [0.1, 0.15) is 56.9 Å². The fourth-order valence-electron chi connectivity index (χ4n) is 5.18. The van der Waals surface area contributed by atoms with Crippen LogP contribution >= 0.6 is 0 Å². The predicted octanol–water partition coefficient (Wildman–Crippen LogP) is 5.07. The maximum absolute atomic E-state index is 10.6. The van der Waals surface area contributed by atoms with E-state index in [4.69, 9.17) is 29.3 Å². The van der Waals surface area contributed by atoms with Crippen molar-refractivity contribution in [1.82, 2.24) is 9.88 Å². The average molecular weight is 573 g/mol. The molecule has 1 aliphatic carbocycles. The highest BCUT2D eigenvalue weighted by Crippen LogP contribution is 2.43. The second kappa shape index (κ2) is 14.8. The lowest BCUT2D eigenvalue weighted by atomic mass is 9.78. The third kappa shape index (κ3) is 10.9. The summed E-state index contributed by atoms with van der Waals surface area (Å²) < 4.78 is 75.7. The molecule has 0 aromatic carbocycles. The molecule has 2 N–H and O–H groups in total. The van der Waals surface area contributed by atoms with Crippen molar-refractivity contribution in [3.05, 3.63) is 30.1 Å². The van der Waals surface area contributed by atoms with Crippen molar-refractivity contribution in [2.75, 3.05) is 26.3 Å². The Hall–Kier alpha value is -2.45. The van der Waals surface area contributed by atoms with Gasteiger partial charge in [-0.25, -0.2) is 9.59 Å². The first-order chi connectivity index (χ1) is 18.2. The van der Waals surface area contributed by atoms with Crippen molar-refractivity contribution < 1.29 is 55.6 Å². The van der Waals surface area contributed by atoms with Crippen LogP contribution in [0.25, 0.3) is 0 Å². The molecule has 39 heavy (non-hydrogen) atoms. The molecule has 8 nitrogen and oxygen atoms in total. The number of ether oxygens (including phenoxy) is 2. The van der Waals surface area contributed by atoms with Crippen LogP contribution in [-0.2, 0) is 25.7 Å². The molecule has 1 unspecified atom stereocenters. The Balaban J connectivity index is 0.000000317. The number of carboxylic acid groups (broad SMARTS) is 2. The molecule has 3 fully saturated rings. The molecule has 4 rings (SSSR count). The number of carboxylic acids is 2. The number of likely N-dealkylation sites (tertiary alicyclic amines) is 1. The maximum atomic E-state index is 10.6. The monoisotopic (exact) mass is 572 g/mol. The molecular weight excluding hydrogens is 538 g/mol. The van der Waals surface area contributed by atoms with Gasteiger partial charge in [0, 0.05) is 44.7 Å². The number of hydrogen-bond acceptors (Lipinski definition) is 6. The lowest BCUT2D eigenvalue weighted by molar-refractivity contribution is -0.193. The van der Waals surface area contributed by atoms with Gasteiger partial charge in [0.2, 0.25) is 0 Å². The first kappa shape index (κ1) is 32.8. The Morgan fingerprint density at radius 2 is 1.59 bits per heavy atom. The van der Waals surface area contributed by atoms with Gasteiger partial charge in [-0.05, 0) is 56.1 Å². The molecule has 1 saturated carbocycles. The molecule has 1 atom stereocenters. The van der Waals surface area contributed by atoms with Gasteiger partial charge >= 0.3 is 24.3 Å². The van der Waals surface area contributed by atoms with Crippen LogP contribution in [0.15, 0.2) is 24.5 Å². The minimum absolute atomic E-state index is 0.146. The SMILES string of the molecule is O=C(O)C(F)(F)F.O=C(O)C(F)(F)F.c1cncc(COCCC2CCOC23CCN(C2CCCC2)CC3)c1. The van der Waals surface area contributed by atoms with Crippen LogP contribution in [0.2, 0.25) is 0 Å². The number of halogens is 6. The molecule has 2 aliphatic heterocycles. The van der Waals surface area contributed by atoms with Gasteiger partial charge in [0.15, 0.2) is 0 Å². The van der Waals surface area contributed by atoms with E-state index >= 15 is 0 Å². The van der Waals surface area contributed by atoms with Crippen LogP contribution in [-0.4, -0.2) is 82.3 Å². The van der Waals surface area contributed by atoms with E-state index in [1.54, 1.807) is 6.20 Å². The molecule has 1 aromatic rings. The standard InChI is InChI=1S/C21H32N2O2.2C2HF3O2/c1-2-6-20(5-1)23-12-9-21(10-13-23)19(8-15-25-21)7-14-24-17-18-4-3-11-22-16-18;2*3-2(4,5)1(6)7/h3-4,11,16,19-20H,1-2,5-10,12-15,17H2;2*(H,6,7). The van der Waals surface area contributed by atoms with Gasteiger partial charge in [0.1, 0.15) is 0 Å².